The number of nitrogens with zero attached hydrogens (tertiary/aromatic N) is 3. The molecule has 2 aliphatic rings. The van der Waals surface area contributed by atoms with Crippen LogP contribution in [-0.4, -0.2) is 34.8 Å². The number of hydrogen-bond donors (Lipinski definition) is 0. The Morgan fingerprint density at radius 2 is 1.88 bits per heavy atom. The molecule has 1 atom stereocenters. The summed E-state index contributed by atoms with van der Waals surface area (Å²) in [6.07, 6.45) is 8.26. The minimum absolute atomic E-state index is 0.0536. The molecule has 2 aliphatic heterocycles. The molecule has 0 saturated carbocycles. The van der Waals surface area contributed by atoms with Gasteiger partial charge in [-0.3, -0.25) is 14.6 Å². The summed E-state index contributed by atoms with van der Waals surface area (Å²) in [4.78, 5) is 33.0. The van der Waals surface area contributed by atoms with Crippen molar-refractivity contribution in [2.45, 2.75) is 38.1 Å². The zero-order valence-electron chi connectivity index (χ0n) is 14.8. The molecule has 2 amide bonds. The molecule has 0 N–H and O–H groups in total. The van der Waals surface area contributed by atoms with Crippen LogP contribution in [0, 0.1) is 0 Å². The average Bonchev–Trinajstić information content (AvgIpc) is 3.14. The van der Waals surface area contributed by atoms with E-state index in [4.69, 9.17) is 0 Å². The Balaban J connectivity index is 1.55. The molecule has 5 heteroatoms. The molecule has 3 heterocycles. The molecular weight excluding hydrogens is 326 g/mol. The van der Waals surface area contributed by atoms with Gasteiger partial charge >= 0.3 is 0 Å². The molecule has 5 nitrogen and oxygen atoms in total. The maximum Gasteiger partial charge on any atom is 0.254 e. The van der Waals surface area contributed by atoms with E-state index in [0.717, 1.165) is 50.0 Å². The highest BCUT2D eigenvalue weighted by atomic mass is 16.2. The fraction of sp³-hybridized carbons (Fsp3) is 0.381. The highest BCUT2D eigenvalue weighted by molar-refractivity contribution is 5.97. The Hall–Kier alpha value is -2.69. The molecular formula is C21H23N3O2. The van der Waals surface area contributed by atoms with Gasteiger partial charge in [0.05, 0.1) is 6.04 Å². The van der Waals surface area contributed by atoms with E-state index in [9.17, 15) is 9.59 Å². The van der Waals surface area contributed by atoms with Crippen LogP contribution in [-0.2, 0) is 4.79 Å². The van der Waals surface area contributed by atoms with Crippen molar-refractivity contribution in [1.29, 1.82) is 0 Å². The number of anilines is 1. The third-order valence-corrected chi connectivity index (χ3v) is 5.33. The molecule has 0 radical (unpaired) electrons. The summed E-state index contributed by atoms with van der Waals surface area (Å²) in [5.41, 5.74) is 2.66. The van der Waals surface area contributed by atoms with Crippen molar-refractivity contribution < 1.29 is 9.59 Å². The standard InChI is InChI=1S/C21H23N3O2/c25-20-7-4-14-23(20)18-10-8-16(9-11-18)21(26)24-13-2-1-6-19(24)17-5-3-12-22-15-17/h3,5,8-12,15,19H,1-2,4,6-7,13-14H2/t19-/m1/s1. The van der Waals surface area contributed by atoms with Crippen molar-refractivity contribution in [2.75, 3.05) is 18.0 Å². The Morgan fingerprint density at radius 3 is 2.58 bits per heavy atom. The van der Waals surface area contributed by atoms with Crippen molar-refractivity contribution in [3.8, 4) is 0 Å². The number of aromatic nitrogens is 1. The first-order valence-corrected chi connectivity index (χ1v) is 9.35. The quantitative estimate of drug-likeness (QED) is 0.851. The third-order valence-electron chi connectivity index (χ3n) is 5.33. The summed E-state index contributed by atoms with van der Waals surface area (Å²) < 4.78 is 0. The molecule has 1 aromatic carbocycles. The molecule has 4 rings (SSSR count). The van der Waals surface area contributed by atoms with Crippen LogP contribution in [0.3, 0.4) is 0 Å². The molecule has 26 heavy (non-hydrogen) atoms. The highest BCUT2D eigenvalue weighted by Gasteiger charge is 2.29. The van der Waals surface area contributed by atoms with Crippen molar-refractivity contribution in [3.05, 3.63) is 59.9 Å². The second-order valence-electron chi connectivity index (χ2n) is 6.99. The number of likely N-dealkylation sites (tertiary alicyclic amines) is 1. The van der Waals surface area contributed by atoms with Gasteiger partial charge in [0.15, 0.2) is 0 Å². The highest BCUT2D eigenvalue weighted by Crippen LogP contribution is 2.32. The van der Waals surface area contributed by atoms with Crippen LogP contribution in [0.4, 0.5) is 5.69 Å². The summed E-state index contributed by atoms with van der Waals surface area (Å²) in [5, 5.41) is 0. The van der Waals surface area contributed by atoms with Gasteiger partial charge in [0, 0.05) is 43.2 Å². The number of pyridine rings is 1. The minimum Gasteiger partial charge on any atom is -0.332 e. The Kier molecular flexibility index (Phi) is 4.69. The number of amides is 2. The Morgan fingerprint density at radius 1 is 1.04 bits per heavy atom. The lowest BCUT2D eigenvalue weighted by molar-refractivity contribution is -0.117. The van der Waals surface area contributed by atoms with E-state index in [-0.39, 0.29) is 17.9 Å². The summed E-state index contributed by atoms with van der Waals surface area (Å²) in [6.45, 7) is 1.53. The lowest BCUT2D eigenvalue weighted by Gasteiger charge is -2.36. The van der Waals surface area contributed by atoms with Crippen LogP contribution >= 0.6 is 0 Å². The van der Waals surface area contributed by atoms with Gasteiger partial charge in [0.25, 0.3) is 5.91 Å². The molecule has 0 bridgehead atoms. The van der Waals surface area contributed by atoms with E-state index in [0.29, 0.717) is 12.0 Å². The number of carbonyl (C=O) groups excluding carboxylic acids is 2. The fourth-order valence-corrected chi connectivity index (χ4v) is 3.97. The van der Waals surface area contributed by atoms with Crippen molar-refractivity contribution >= 4 is 17.5 Å². The zero-order valence-corrected chi connectivity index (χ0v) is 14.8. The van der Waals surface area contributed by atoms with Gasteiger partial charge in [-0.1, -0.05) is 6.07 Å². The average molecular weight is 349 g/mol. The Labute approximate surface area is 153 Å². The number of benzene rings is 1. The predicted molar refractivity (Wildman–Crippen MR) is 99.9 cm³/mol. The summed E-state index contributed by atoms with van der Waals surface area (Å²) in [5.74, 6) is 0.217. The van der Waals surface area contributed by atoms with E-state index < -0.39 is 0 Å². The van der Waals surface area contributed by atoms with Crippen LogP contribution in [0.5, 0.6) is 0 Å². The van der Waals surface area contributed by atoms with Crippen molar-refractivity contribution in [3.63, 3.8) is 0 Å². The summed E-state index contributed by atoms with van der Waals surface area (Å²) in [7, 11) is 0. The Bertz CT molecular complexity index is 789. The van der Waals surface area contributed by atoms with Crippen LogP contribution in [0.2, 0.25) is 0 Å². The molecule has 0 aliphatic carbocycles. The van der Waals surface area contributed by atoms with Crippen LogP contribution in [0.25, 0.3) is 0 Å². The van der Waals surface area contributed by atoms with Crippen LogP contribution in [0.15, 0.2) is 48.8 Å². The lowest BCUT2D eigenvalue weighted by atomic mass is 9.95. The van der Waals surface area contributed by atoms with Crippen molar-refractivity contribution in [2.24, 2.45) is 0 Å². The van der Waals surface area contributed by atoms with Crippen LogP contribution in [0.1, 0.15) is 54.1 Å². The largest absolute Gasteiger partial charge is 0.332 e. The van der Waals surface area contributed by atoms with Gasteiger partial charge < -0.3 is 9.80 Å². The van der Waals surface area contributed by atoms with E-state index in [1.807, 2.05) is 47.5 Å². The first-order chi connectivity index (χ1) is 12.7. The predicted octanol–water partition coefficient (Wildman–Crippen LogP) is 3.58. The minimum atomic E-state index is 0.0536. The van der Waals surface area contributed by atoms with E-state index in [2.05, 4.69) is 4.98 Å². The van der Waals surface area contributed by atoms with Crippen LogP contribution < -0.4 is 4.90 Å². The molecule has 0 spiro atoms. The van der Waals surface area contributed by atoms with Gasteiger partial charge in [0.1, 0.15) is 0 Å². The molecule has 2 saturated heterocycles. The normalized spacial score (nSPS) is 20.5. The second kappa shape index (κ2) is 7.28. The maximum atomic E-state index is 13.1. The molecule has 2 aromatic rings. The van der Waals surface area contributed by atoms with Gasteiger partial charge in [-0.05, 0) is 61.6 Å². The van der Waals surface area contributed by atoms with Gasteiger partial charge in [-0.25, -0.2) is 0 Å². The third kappa shape index (κ3) is 3.21. The summed E-state index contributed by atoms with van der Waals surface area (Å²) >= 11 is 0. The van der Waals surface area contributed by atoms with E-state index in [1.54, 1.807) is 11.1 Å². The zero-order chi connectivity index (χ0) is 17.9. The first-order valence-electron chi connectivity index (χ1n) is 9.35. The summed E-state index contributed by atoms with van der Waals surface area (Å²) in [6, 6.07) is 11.5. The monoisotopic (exact) mass is 349 g/mol. The van der Waals surface area contributed by atoms with E-state index in [1.165, 1.54) is 0 Å². The van der Waals surface area contributed by atoms with Crippen molar-refractivity contribution in [1.82, 2.24) is 9.88 Å². The molecule has 1 aromatic heterocycles. The molecule has 0 unspecified atom stereocenters. The number of piperidine rings is 1. The molecule has 134 valence electrons. The number of carbonyl (C=O) groups is 2. The smallest absolute Gasteiger partial charge is 0.254 e. The topological polar surface area (TPSA) is 53.5 Å². The lowest BCUT2D eigenvalue weighted by Crippen LogP contribution is -2.38. The number of hydrogen-bond acceptors (Lipinski definition) is 3. The van der Waals surface area contributed by atoms with Gasteiger partial charge in [0.2, 0.25) is 5.91 Å². The SMILES string of the molecule is O=C1CCCN1c1ccc(C(=O)N2CCCC[C@@H]2c2cccnc2)cc1. The maximum absolute atomic E-state index is 13.1. The second-order valence-corrected chi connectivity index (χ2v) is 6.99. The fourth-order valence-electron chi connectivity index (χ4n) is 3.97. The van der Waals surface area contributed by atoms with E-state index >= 15 is 0 Å². The first kappa shape index (κ1) is 16.8. The molecule has 2 fully saturated rings. The number of rotatable bonds is 3. The van der Waals surface area contributed by atoms with Gasteiger partial charge in [-0.2, -0.15) is 0 Å². The van der Waals surface area contributed by atoms with Gasteiger partial charge in [-0.15, -0.1) is 0 Å².